The van der Waals surface area contributed by atoms with Crippen molar-refractivity contribution in [1.82, 2.24) is 5.32 Å². The van der Waals surface area contributed by atoms with Gasteiger partial charge in [0.1, 0.15) is 5.54 Å². The van der Waals surface area contributed by atoms with Crippen molar-refractivity contribution in [3.8, 4) is 6.07 Å². The van der Waals surface area contributed by atoms with Crippen LogP contribution in [0.5, 0.6) is 0 Å². The van der Waals surface area contributed by atoms with Gasteiger partial charge in [-0.2, -0.15) is 5.26 Å². The van der Waals surface area contributed by atoms with E-state index in [0.29, 0.717) is 19.5 Å². The molecule has 1 aromatic carbocycles. The Morgan fingerprint density at radius 3 is 2.55 bits per heavy atom. The summed E-state index contributed by atoms with van der Waals surface area (Å²) in [7, 11) is 3.96. The largest absolute Gasteiger partial charge is 0.378 e. The molecular weight excluding hydrogens is 252 g/mol. The molecule has 6 nitrogen and oxygen atoms in total. The van der Waals surface area contributed by atoms with Crippen LogP contribution in [0, 0.1) is 11.3 Å². The molecule has 0 bridgehead atoms. The van der Waals surface area contributed by atoms with E-state index in [0.717, 1.165) is 11.3 Å². The van der Waals surface area contributed by atoms with Crippen molar-refractivity contribution >= 4 is 5.69 Å². The summed E-state index contributed by atoms with van der Waals surface area (Å²) in [5, 5.41) is 16.1. The van der Waals surface area contributed by atoms with Gasteiger partial charge in [0.2, 0.25) is 0 Å². The molecule has 1 atom stereocenters. The Labute approximate surface area is 119 Å². The van der Waals surface area contributed by atoms with E-state index in [1.54, 1.807) is 0 Å². The van der Waals surface area contributed by atoms with Crippen LogP contribution < -0.4 is 10.2 Å². The van der Waals surface area contributed by atoms with E-state index in [4.69, 9.17) is 5.53 Å². The van der Waals surface area contributed by atoms with E-state index >= 15 is 0 Å². The predicted molar refractivity (Wildman–Crippen MR) is 80.4 cm³/mol. The summed E-state index contributed by atoms with van der Waals surface area (Å²) in [5.74, 6) is 0. The molecule has 0 radical (unpaired) electrons. The molecule has 0 fully saturated rings. The summed E-state index contributed by atoms with van der Waals surface area (Å²) >= 11 is 0. The third kappa shape index (κ3) is 4.16. The van der Waals surface area contributed by atoms with E-state index in [1.807, 2.05) is 50.2 Å². The predicted octanol–water partition coefficient (Wildman–Crippen LogP) is 2.78. The van der Waals surface area contributed by atoms with Gasteiger partial charge in [0.05, 0.1) is 6.07 Å². The van der Waals surface area contributed by atoms with Crippen LogP contribution in [-0.2, 0) is 5.54 Å². The topological polar surface area (TPSA) is 87.8 Å². The van der Waals surface area contributed by atoms with Gasteiger partial charge in [0, 0.05) is 31.2 Å². The third-order valence-electron chi connectivity index (χ3n) is 3.16. The van der Waals surface area contributed by atoms with Crippen molar-refractivity contribution in [2.75, 3.05) is 32.1 Å². The lowest BCUT2D eigenvalue weighted by molar-refractivity contribution is 0.462. The number of nitrogens with zero attached hydrogens (tertiary/aromatic N) is 5. The second-order valence-electron chi connectivity index (χ2n) is 4.91. The molecule has 0 amide bonds. The standard InChI is InChI=1S/C14H20N6/c1-14(11-15,17-9-4-10-18-19-16)12-5-7-13(8-6-12)20(2)3/h5-8,17H,4,9-10H2,1-3H3. The maximum absolute atomic E-state index is 9.42. The zero-order chi connectivity index (χ0) is 15.0. The van der Waals surface area contributed by atoms with Crippen LogP contribution in [0.25, 0.3) is 10.4 Å². The Morgan fingerprint density at radius 1 is 1.40 bits per heavy atom. The Balaban J connectivity index is 2.72. The number of hydrogen-bond acceptors (Lipinski definition) is 4. The Bertz CT molecular complexity index is 509. The molecule has 0 aliphatic carbocycles. The highest BCUT2D eigenvalue weighted by Gasteiger charge is 2.25. The molecule has 1 unspecified atom stereocenters. The molecule has 0 aromatic heterocycles. The average Bonchev–Trinajstić information content (AvgIpc) is 2.47. The van der Waals surface area contributed by atoms with Gasteiger partial charge < -0.3 is 4.90 Å². The SMILES string of the molecule is CN(C)c1ccc(C(C)(C#N)NCCCN=[N+]=[N-])cc1. The third-order valence-corrected chi connectivity index (χ3v) is 3.16. The Kier molecular flexibility index (Phi) is 5.85. The number of nitriles is 1. The normalized spacial score (nSPS) is 12.9. The van der Waals surface area contributed by atoms with Crippen LogP contribution in [0.3, 0.4) is 0 Å². The summed E-state index contributed by atoms with van der Waals surface area (Å²) in [6, 6.07) is 10.2. The van der Waals surface area contributed by atoms with Crippen LogP contribution in [0.15, 0.2) is 29.4 Å². The lowest BCUT2D eigenvalue weighted by atomic mass is 9.93. The molecule has 0 spiro atoms. The molecule has 1 N–H and O–H groups in total. The lowest BCUT2D eigenvalue weighted by Gasteiger charge is -2.24. The number of hydrogen-bond donors (Lipinski definition) is 1. The fourth-order valence-corrected chi connectivity index (χ4v) is 1.83. The Hall–Kier alpha value is -2.22. The summed E-state index contributed by atoms with van der Waals surface area (Å²) < 4.78 is 0. The minimum Gasteiger partial charge on any atom is -0.378 e. The van der Waals surface area contributed by atoms with Crippen LogP contribution in [-0.4, -0.2) is 27.2 Å². The Morgan fingerprint density at radius 2 is 2.05 bits per heavy atom. The molecule has 0 aliphatic rings. The van der Waals surface area contributed by atoms with Crippen molar-refractivity contribution < 1.29 is 0 Å². The molecule has 20 heavy (non-hydrogen) atoms. The second-order valence-corrected chi connectivity index (χ2v) is 4.91. The number of rotatable bonds is 7. The first-order chi connectivity index (χ1) is 9.53. The minimum atomic E-state index is -0.735. The highest BCUT2D eigenvalue weighted by atomic mass is 15.1. The number of benzene rings is 1. The summed E-state index contributed by atoms with van der Waals surface area (Å²) in [5.41, 5.74) is 9.49. The highest BCUT2D eigenvalue weighted by Crippen LogP contribution is 2.22. The van der Waals surface area contributed by atoms with Gasteiger partial charge in [-0.3, -0.25) is 5.32 Å². The monoisotopic (exact) mass is 272 g/mol. The first-order valence-electron chi connectivity index (χ1n) is 6.48. The van der Waals surface area contributed by atoms with Gasteiger partial charge in [0.15, 0.2) is 0 Å². The quantitative estimate of drug-likeness (QED) is 0.358. The number of nitrogens with one attached hydrogen (secondary N) is 1. The van der Waals surface area contributed by atoms with E-state index in [-0.39, 0.29) is 0 Å². The fraction of sp³-hybridized carbons (Fsp3) is 0.500. The molecule has 106 valence electrons. The van der Waals surface area contributed by atoms with Gasteiger partial charge in [-0.1, -0.05) is 17.2 Å². The maximum Gasteiger partial charge on any atom is 0.129 e. The van der Waals surface area contributed by atoms with Crippen molar-refractivity contribution in [2.24, 2.45) is 5.11 Å². The van der Waals surface area contributed by atoms with E-state index in [2.05, 4.69) is 21.4 Å². The lowest BCUT2D eigenvalue weighted by Crippen LogP contribution is -2.39. The van der Waals surface area contributed by atoms with Gasteiger partial charge in [-0.15, -0.1) is 0 Å². The molecule has 0 saturated carbocycles. The molecule has 6 heteroatoms. The zero-order valence-electron chi connectivity index (χ0n) is 12.2. The zero-order valence-corrected chi connectivity index (χ0v) is 12.2. The highest BCUT2D eigenvalue weighted by molar-refractivity contribution is 5.48. The van der Waals surface area contributed by atoms with Gasteiger partial charge in [-0.05, 0) is 43.1 Å². The first kappa shape index (κ1) is 15.8. The molecule has 0 saturated heterocycles. The summed E-state index contributed by atoms with van der Waals surface area (Å²) in [6.45, 7) is 2.91. The van der Waals surface area contributed by atoms with Crippen LogP contribution >= 0.6 is 0 Å². The van der Waals surface area contributed by atoms with Gasteiger partial charge in [-0.25, -0.2) is 0 Å². The van der Waals surface area contributed by atoms with Crippen molar-refractivity contribution in [2.45, 2.75) is 18.9 Å². The molecule has 1 aromatic rings. The minimum absolute atomic E-state index is 0.435. The first-order valence-corrected chi connectivity index (χ1v) is 6.48. The van der Waals surface area contributed by atoms with Gasteiger partial charge in [0.25, 0.3) is 0 Å². The van der Waals surface area contributed by atoms with Crippen molar-refractivity contribution in [3.05, 3.63) is 40.3 Å². The van der Waals surface area contributed by atoms with Gasteiger partial charge >= 0.3 is 0 Å². The van der Waals surface area contributed by atoms with E-state index < -0.39 is 5.54 Å². The number of anilines is 1. The summed E-state index contributed by atoms with van der Waals surface area (Å²) in [6.07, 6.45) is 0.705. The van der Waals surface area contributed by atoms with E-state index in [1.165, 1.54) is 0 Å². The smallest absolute Gasteiger partial charge is 0.129 e. The maximum atomic E-state index is 9.42. The van der Waals surface area contributed by atoms with Crippen molar-refractivity contribution in [1.29, 1.82) is 5.26 Å². The molecular formula is C14H20N6. The van der Waals surface area contributed by atoms with Crippen LogP contribution in [0.4, 0.5) is 5.69 Å². The van der Waals surface area contributed by atoms with Crippen LogP contribution in [0.2, 0.25) is 0 Å². The molecule has 0 aliphatic heterocycles. The average molecular weight is 272 g/mol. The summed E-state index contributed by atoms with van der Waals surface area (Å²) in [4.78, 5) is 4.72. The van der Waals surface area contributed by atoms with E-state index in [9.17, 15) is 5.26 Å². The number of azide groups is 1. The molecule has 1 rings (SSSR count). The van der Waals surface area contributed by atoms with Crippen LogP contribution in [0.1, 0.15) is 18.9 Å². The fourth-order valence-electron chi connectivity index (χ4n) is 1.83. The van der Waals surface area contributed by atoms with Crippen molar-refractivity contribution in [3.63, 3.8) is 0 Å². The second kappa shape index (κ2) is 7.39. The molecule has 0 heterocycles.